The van der Waals surface area contributed by atoms with Crippen molar-refractivity contribution in [2.75, 3.05) is 13.1 Å². The number of hydrogen-bond donors (Lipinski definition) is 2. The molecular formula is C13H19NO2. The van der Waals surface area contributed by atoms with E-state index in [9.17, 15) is 5.11 Å². The van der Waals surface area contributed by atoms with Crippen LogP contribution >= 0.6 is 0 Å². The molecule has 1 aromatic carbocycles. The van der Waals surface area contributed by atoms with Crippen LogP contribution in [0.3, 0.4) is 0 Å². The Hall–Kier alpha value is -0.900. The van der Waals surface area contributed by atoms with Crippen molar-refractivity contribution in [2.45, 2.75) is 32.1 Å². The van der Waals surface area contributed by atoms with Crippen molar-refractivity contribution in [3.05, 3.63) is 35.4 Å². The van der Waals surface area contributed by atoms with Gasteiger partial charge in [0.15, 0.2) is 0 Å². The lowest BCUT2D eigenvalue weighted by molar-refractivity contribution is 0.0679. The topological polar surface area (TPSA) is 43.7 Å². The Morgan fingerprint density at radius 1 is 1.25 bits per heavy atom. The first-order valence-corrected chi connectivity index (χ1v) is 5.72. The number of likely N-dealkylation sites (tertiary alicyclic amines) is 1. The van der Waals surface area contributed by atoms with E-state index in [1.807, 2.05) is 31.2 Å². The van der Waals surface area contributed by atoms with Crippen LogP contribution < -0.4 is 0 Å². The van der Waals surface area contributed by atoms with E-state index in [2.05, 4.69) is 4.90 Å². The summed E-state index contributed by atoms with van der Waals surface area (Å²) in [6, 6.07) is 7.98. The quantitative estimate of drug-likeness (QED) is 0.804. The lowest BCUT2D eigenvalue weighted by Gasteiger charge is -2.18. The Labute approximate surface area is 96.3 Å². The first-order chi connectivity index (χ1) is 7.59. The van der Waals surface area contributed by atoms with Gasteiger partial charge in [-0.15, -0.1) is 0 Å². The molecular weight excluding hydrogens is 202 g/mol. The molecule has 1 atom stereocenters. The summed E-state index contributed by atoms with van der Waals surface area (Å²) >= 11 is 0. The lowest BCUT2D eigenvalue weighted by Crippen LogP contribution is -2.29. The van der Waals surface area contributed by atoms with Crippen LogP contribution in [0.15, 0.2) is 24.3 Å². The predicted octanol–water partition coefficient (Wildman–Crippen LogP) is 1.14. The number of aliphatic hydroxyl groups excluding tert-OH is 1. The Morgan fingerprint density at radius 3 is 2.38 bits per heavy atom. The van der Waals surface area contributed by atoms with E-state index < -0.39 is 5.60 Å². The summed E-state index contributed by atoms with van der Waals surface area (Å²) in [6.45, 7) is 4.56. The van der Waals surface area contributed by atoms with Crippen LogP contribution in [0.1, 0.15) is 24.5 Å². The van der Waals surface area contributed by atoms with Gasteiger partial charge in [-0.25, -0.2) is 0 Å². The lowest BCUT2D eigenvalue weighted by atomic mass is 10.1. The fourth-order valence-electron chi connectivity index (χ4n) is 2.18. The van der Waals surface area contributed by atoms with Gasteiger partial charge in [0.05, 0.1) is 12.2 Å². The minimum Gasteiger partial charge on any atom is -0.392 e. The first-order valence-electron chi connectivity index (χ1n) is 5.72. The van der Waals surface area contributed by atoms with E-state index in [4.69, 9.17) is 5.11 Å². The minimum absolute atomic E-state index is 0.0959. The van der Waals surface area contributed by atoms with Gasteiger partial charge in [0.1, 0.15) is 0 Å². The molecule has 0 amide bonds. The fraction of sp³-hybridized carbons (Fsp3) is 0.538. The van der Waals surface area contributed by atoms with Crippen molar-refractivity contribution in [3.8, 4) is 0 Å². The van der Waals surface area contributed by atoms with Gasteiger partial charge >= 0.3 is 0 Å². The molecule has 0 aromatic heterocycles. The van der Waals surface area contributed by atoms with E-state index in [-0.39, 0.29) is 6.61 Å². The molecule has 3 heteroatoms. The van der Waals surface area contributed by atoms with Crippen molar-refractivity contribution in [1.29, 1.82) is 0 Å². The minimum atomic E-state index is -0.523. The molecule has 0 saturated carbocycles. The third kappa shape index (κ3) is 2.82. The Morgan fingerprint density at radius 2 is 1.88 bits per heavy atom. The molecule has 1 aromatic rings. The summed E-state index contributed by atoms with van der Waals surface area (Å²) in [7, 11) is 0. The third-order valence-electron chi connectivity index (χ3n) is 3.14. The molecule has 0 bridgehead atoms. The molecule has 1 fully saturated rings. The van der Waals surface area contributed by atoms with Gasteiger partial charge in [-0.3, -0.25) is 4.90 Å². The van der Waals surface area contributed by atoms with Crippen LogP contribution in [0.25, 0.3) is 0 Å². The number of β-amino-alcohol motifs (C(OH)–C–C–N with tert-alkyl or cyclic N) is 1. The Balaban J connectivity index is 1.94. The maximum atomic E-state index is 9.85. The normalized spacial score (nSPS) is 26.2. The number of nitrogens with zero attached hydrogens (tertiary/aromatic N) is 1. The highest BCUT2D eigenvalue weighted by Gasteiger charge is 2.30. The van der Waals surface area contributed by atoms with Crippen molar-refractivity contribution >= 4 is 0 Å². The van der Waals surface area contributed by atoms with Gasteiger partial charge in [0.2, 0.25) is 0 Å². The molecule has 0 aliphatic carbocycles. The molecule has 0 spiro atoms. The average molecular weight is 221 g/mol. The zero-order chi connectivity index (χ0) is 11.6. The van der Waals surface area contributed by atoms with E-state index in [1.165, 1.54) is 5.56 Å². The zero-order valence-corrected chi connectivity index (χ0v) is 9.69. The number of aliphatic hydroxyl groups is 2. The van der Waals surface area contributed by atoms with E-state index in [0.717, 1.165) is 31.6 Å². The largest absolute Gasteiger partial charge is 0.392 e. The molecule has 2 N–H and O–H groups in total. The monoisotopic (exact) mass is 221 g/mol. The second-order valence-corrected chi connectivity index (χ2v) is 4.93. The highest BCUT2D eigenvalue weighted by molar-refractivity contribution is 5.22. The molecule has 1 aliphatic heterocycles. The molecule has 16 heavy (non-hydrogen) atoms. The second kappa shape index (κ2) is 4.53. The molecule has 0 radical (unpaired) electrons. The summed E-state index contributed by atoms with van der Waals surface area (Å²) in [5.41, 5.74) is 1.65. The standard InChI is InChI=1S/C13H19NO2/c1-13(16)6-7-14(10-13)8-11-2-4-12(9-15)5-3-11/h2-5,15-16H,6-10H2,1H3. The molecule has 1 heterocycles. The molecule has 1 saturated heterocycles. The van der Waals surface area contributed by atoms with Crippen LogP contribution in [0.5, 0.6) is 0 Å². The van der Waals surface area contributed by atoms with Gasteiger partial charge in [-0.2, -0.15) is 0 Å². The van der Waals surface area contributed by atoms with Crippen molar-refractivity contribution < 1.29 is 10.2 Å². The van der Waals surface area contributed by atoms with Crippen LogP contribution in [-0.2, 0) is 13.2 Å². The maximum Gasteiger partial charge on any atom is 0.0758 e. The highest BCUT2D eigenvalue weighted by Crippen LogP contribution is 2.22. The average Bonchev–Trinajstić information content (AvgIpc) is 2.59. The van der Waals surface area contributed by atoms with Gasteiger partial charge in [0, 0.05) is 19.6 Å². The van der Waals surface area contributed by atoms with Crippen molar-refractivity contribution in [2.24, 2.45) is 0 Å². The molecule has 1 unspecified atom stereocenters. The summed E-state index contributed by atoms with van der Waals surface area (Å²) < 4.78 is 0. The van der Waals surface area contributed by atoms with E-state index in [0.29, 0.717) is 0 Å². The van der Waals surface area contributed by atoms with Crippen molar-refractivity contribution in [3.63, 3.8) is 0 Å². The van der Waals surface area contributed by atoms with Crippen LogP contribution in [0.2, 0.25) is 0 Å². The summed E-state index contributed by atoms with van der Waals surface area (Å²) in [4.78, 5) is 2.26. The maximum absolute atomic E-state index is 9.85. The number of hydrogen-bond acceptors (Lipinski definition) is 3. The number of benzene rings is 1. The zero-order valence-electron chi connectivity index (χ0n) is 9.69. The molecule has 88 valence electrons. The smallest absolute Gasteiger partial charge is 0.0758 e. The van der Waals surface area contributed by atoms with Gasteiger partial charge < -0.3 is 10.2 Å². The van der Waals surface area contributed by atoms with Gasteiger partial charge in [-0.05, 0) is 24.5 Å². The van der Waals surface area contributed by atoms with E-state index in [1.54, 1.807) is 0 Å². The highest BCUT2D eigenvalue weighted by atomic mass is 16.3. The Kier molecular flexibility index (Phi) is 3.28. The molecule has 2 rings (SSSR count). The Bertz CT molecular complexity index is 345. The summed E-state index contributed by atoms with van der Waals surface area (Å²) in [6.07, 6.45) is 0.849. The number of rotatable bonds is 3. The van der Waals surface area contributed by atoms with Crippen molar-refractivity contribution in [1.82, 2.24) is 4.90 Å². The summed E-state index contributed by atoms with van der Waals surface area (Å²) in [5.74, 6) is 0. The SMILES string of the molecule is CC1(O)CCN(Cc2ccc(CO)cc2)C1. The van der Waals surface area contributed by atoms with E-state index >= 15 is 0 Å². The predicted molar refractivity (Wildman–Crippen MR) is 62.9 cm³/mol. The summed E-state index contributed by atoms with van der Waals surface area (Å²) in [5, 5.41) is 18.8. The first kappa shape index (κ1) is 11.6. The third-order valence-corrected chi connectivity index (χ3v) is 3.14. The molecule has 1 aliphatic rings. The molecule has 3 nitrogen and oxygen atoms in total. The van der Waals surface area contributed by atoms with Crippen LogP contribution in [0, 0.1) is 0 Å². The van der Waals surface area contributed by atoms with Crippen LogP contribution in [-0.4, -0.2) is 33.8 Å². The second-order valence-electron chi connectivity index (χ2n) is 4.93. The van der Waals surface area contributed by atoms with Gasteiger partial charge in [-0.1, -0.05) is 24.3 Å². The van der Waals surface area contributed by atoms with Gasteiger partial charge in [0.25, 0.3) is 0 Å². The fourth-order valence-corrected chi connectivity index (χ4v) is 2.18. The van der Waals surface area contributed by atoms with Crippen LogP contribution in [0.4, 0.5) is 0 Å².